The topological polar surface area (TPSA) is 49.3 Å². The molecule has 1 amide bonds. The minimum Gasteiger partial charge on any atom is -0.368 e. The zero-order valence-electron chi connectivity index (χ0n) is 12.0. The van der Waals surface area contributed by atoms with Gasteiger partial charge >= 0.3 is 6.18 Å². The number of hydrogen-bond donors (Lipinski definition) is 2. The fraction of sp³-hybridized carbons (Fsp3) is 0.188. The van der Waals surface area contributed by atoms with E-state index in [4.69, 9.17) is 11.6 Å². The van der Waals surface area contributed by atoms with Crippen LogP contribution in [-0.4, -0.2) is 17.2 Å². The standard InChI is InChI=1S/C16H13ClF3NO2/c1-10-2-4-11(5-3-10)15(23,16(18,19)20)14(22)21-13-8-6-12(17)7-9-13/h2-9,23H,1H3,(H,21,22). The Bertz CT molecular complexity index is 699. The Morgan fingerprint density at radius 1 is 1.04 bits per heavy atom. The average Bonchev–Trinajstić information content (AvgIpc) is 2.48. The van der Waals surface area contributed by atoms with E-state index in [9.17, 15) is 23.1 Å². The van der Waals surface area contributed by atoms with E-state index >= 15 is 0 Å². The highest BCUT2D eigenvalue weighted by molar-refractivity contribution is 6.30. The molecule has 0 radical (unpaired) electrons. The first-order chi connectivity index (χ1) is 10.6. The number of nitrogens with one attached hydrogen (secondary N) is 1. The van der Waals surface area contributed by atoms with E-state index < -0.39 is 23.2 Å². The molecule has 2 N–H and O–H groups in total. The van der Waals surface area contributed by atoms with E-state index in [0.717, 1.165) is 12.1 Å². The number of carbonyl (C=O) groups excluding carboxylic acids is 1. The molecule has 0 aromatic heterocycles. The molecular weight excluding hydrogens is 331 g/mol. The lowest BCUT2D eigenvalue weighted by Gasteiger charge is -2.29. The average molecular weight is 344 g/mol. The summed E-state index contributed by atoms with van der Waals surface area (Å²) >= 11 is 5.68. The van der Waals surface area contributed by atoms with Crippen LogP contribution in [0.5, 0.6) is 0 Å². The molecule has 0 saturated heterocycles. The second-order valence-electron chi connectivity index (χ2n) is 5.04. The summed E-state index contributed by atoms with van der Waals surface area (Å²) in [6, 6.07) is 10.4. The number of hydrogen-bond acceptors (Lipinski definition) is 2. The van der Waals surface area contributed by atoms with Crippen LogP contribution in [0.15, 0.2) is 48.5 Å². The smallest absolute Gasteiger partial charge is 0.368 e. The Labute approximate surface area is 135 Å². The van der Waals surface area contributed by atoms with Crippen LogP contribution in [0.2, 0.25) is 5.02 Å². The van der Waals surface area contributed by atoms with Crippen LogP contribution in [0.4, 0.5) is 18.9 Å². The maximum absolute atomic E-state index is 13.4. The molecule has 0 saturated carbocycles. The molecule has 23 heavy (non-hydrogen) atoms. The van der Waals surface area contributed by atoms with Crippen molar-refractivity contribution in [2.75, 3.05) is 5.32 Å². The number of alkyl halides is 3. The number of anilines is 1. The van der Waals surface area contributed by atoms with Crippen molar-refractivity contribution in [1.29, 1.82) is 0 Å². The monoisotopic (exact) mass is 343 g/mol. The van der Waals surface area contributed by atoms with Crippen LogP contribution in [0.1, 0.15) is 11.1 Å². The van der Waals surface area contributed by atoms with Crippen LogP contribution < -0.4 is 5.32 Å². The Balaban J connectivity index is 2.40. The van der Waals surface area contributed by atoms with Gasteiger partial charge in [-0.05, 0) is 31.2 Å². The number of amides is 1. The van der Waals surface area contributed by atoms with Crippen molar-refractivity contribution in [2.45, 2.75) is 18.7 Å². The zero-order chi connectivity index (χ0) is 17.3. The summed E-state index contributed by atoms with van der Waals surface area (Å²) in [5.74, 6) is -1.59. The molecule has 1 unspecified atom stereocenters. The highest BCUT2D eigenvalue weighted by Gasteiger charge is 2.60. The van der Waals surface area contributed by atoms with Crippen LogP contribution in [-0.2, 0) is 10.4 Å². The molecule has 0 aliphatic carbocycles. The predicted octanol–water partition coefficient (Wildman–Crippen LogP) is 4.04. The maximum Gasteiger partial charge on any atom is 0.430 e. The van der Waals surface area contributed by atoms with Crippen molar-refractivity contribution in [3.63, 3.8) is 0 Å². The van der Waals surface area contributed by atoms with Crippen LogP contribution in [0, 0.1) is 6.92 Å². The Morgan fingerprint density at radius 2 is 1.57 bits per heavy atom. The van der Waals surface area contributed by atoms with Crippen LogP contribution >= 0.6 is 11.6 Å². The molecule has 3 nitrogen and oxygen atoms in total. The number of aliphatic hydroxyl groups is 1. The summed E-state index contributed by atoms with van der Waals surface area (Å²) < 4.78 is 40.1. The Morgan fingerprint density at radius 3 is 2.04 bits per heavy atom. The second kappa shape index (κ2) is 6.22. The summed E-state index contributed by atoms with van der Waals surface area (Å²) in [6.45, 7) is 1.68. The predicted molar refractivity (Wildman–Crippen MR) is 81.2 cm³/mol. The summed E-state index contributed by atoms with van der Waals surface area (Å²) in [6.07, 6.45) is -5.18. The summed E-state index contributed by atoms with van der Waals surface area (Å²) in [7, 11) is 0. The van der Waals surface area contributed by atoms with Gasteiger partial charge in [0, 0.05) is 16.3 Å². The molecule has 0 spiro atoms. The fourth-order valence-corrected chi connectivity index (χ4v) is 2.10. The van der Waals surface area contributed by atoms with Gasteiger partial charge in [-0.25, -0.2) is 0 Å². The highest BCUT2D eigenvalue weighted by atomic mass is 35.5. The van der Waals surface area contributed by atoms with Gasteiger partial charge < -0.3 is 10.4 Å². The second-order valence-corrected chi connectivity index (χ2v) is 5.47. The Hall–Kier alpha value is -2.05. The lowest BCUT2D eigenvalue weighted by molar-refractivity contribution is -0.254. The molecule has 1 atom stereocenters. The van der Waals surface area contributed by atoms with Gasteiger partial charge in [-0.2, -0.15) is 13.2 Å². The third-order valence-electron chi connectivity index (χ3n) is 3.31. The molecule has 2 aromatic rings. The van der Waals surface area contributed by atoms with Crippen molar-refractivity contribution in [3.8, 4) is 0 Å². The fourth-order valence-electron chi connectivity index (χ4n) is 1.97. The van der Waals surface area contributed by atoms with Gasteiger partial charge in [-0.15, -0.1) is 0 Å². The largest absolute Gasteiger partial charge is 0.430 e. The van der Waals surface area contributed by atoms with Crippen molar-refractivity contribution >= 4 is 23.2 Å². The first-order valence-corrected chi connectivity index (χ1v) is 6.95. The molecule has 2 rings (SSSR count). The molecule has 2 aromatic carbocycles. The van der Waals surface area contributed by atoms with E-state index in [0.29, 0.717) is 10.6 Å². The number of benzene rings is 2. The van der Waals surface area contributed by atoms with Crippen LogP contribution in [0.3, 0.4) is 0 Å². The van der Waals surface area contributed by atoms with Gasteiger partial charge in [0.15, 0.2) is 0 Å². The van der Waals surface area contributed by atoms with Gasteiger partial charge in [0.1, 0.15) is 0 Å². The third kappa shape index (κ3) is 3.48. The summed E-state index contributed by atoms with van der Waals surface area (Å²) in [5, 5.41) is 12.6. The minimum atomic E-state index is -5.18. The van der Waals surface area contributed by atoms with Gasteiger partial charge in [-0.3, -0.25) is 4.79 Å². The van der Waals surface area contributed by atoms with Crippen molar-refractivity contribution in [2.24, 2.45) is 0 Å². The number of rotatable bonds is 3. The zero-order valence-corrected chi connectivity index (χ0v) is 12.7. The summed E-state index contributed by atoms with van der Waals surface area (Å²) in [4.78, 5) is 12.1. The molecule has 0 fully saturated rings. The first kappa shape index (κ1) is 17.3. The van der Waals surface area contributed by atoms with Gasteiger partial charge in [0.05, 0.1) is 0 Å². The van der Waals surface area contributed by atoms with Crippen molar-refractivity contribution in [1.82, 2.24) is 0 Å². The molecule has 0 aliphatic rings. The summed E-state index contributed by atoms with van der Waals surface area (Å²) in [5.41, 5.74) is -3.41. The number of aryl methyl sites for hydroxylation is 1. The van der Waals surface area contributed by atoms with E-state index in [1.165, 1.54) is 36.4 Å². The minimum absolute atomic E-state index is 0.0918. The van der Waals surface area contributed by atoms with Crippen molar-refractivity contribution in [3.05, 3.63) is 64.7 Å². The normalized spacial score (nSPS) is 14.2. The first-order valence-electron chi connectivity index (χ1n) is 6.58. The third-order valence-corrected chi connectivity index (χ3v) is 3.56. The number of carbonyl (C=O) groups is 1. The lowest BCUT2D eigenvalue weighted by Crippen LogP contribution is -2.52. The number of halogens is 4. The SMILES string of the molecule is Cc1ccc(C(O)(C(=O)Nc2ccc(Cl)cc2)C(F)(F)F)cc1. The Kier molecular flexibility index (Phi) is 4.68. The molecule has 0 heterocycles. The molecule has 0 bridgehead atoms. The molecular formula is C16H13ClF3NO2. The van der Waals surface area contributed by atoms with E-state index in [1.54, 1.807) is 6.92 Å². The van der Waals surface area contributed by atoms with E-state index in [-0.39, 0.29) is 5.69 Å². The lowest BCUT2D eigenvalue weighted by atomic mass is 9.91. The van der Waals surface area contributed by atoms with E-state index in [2.05, 4.69) is 5.32 Å². The van der Waals surface area contributed by atoms with Crippen molar-refractivity contribution < 1.29 is 23.1 Å². The molecule has 0 aliphatic heterocycles. The maximum atomic E-state index is 13.4. The van der Waals surface area contributed by atoms with Gasteiger partial charge in [0.2, 0.25) is 0 Å². The van der Waals surface area contributed by atoms with Gasteiger partial charge in [-0.1, -0.05) is 41.4 Å². The van der Waals surface area contributed by atoms with E-state index in [1.807, 2.05) is 0 Å². The highest BCUT2D eigenvalue weighted by Crippen LogP contribution is 2.40. The van der Waals surface area contributed by atoms with Crippen LogP contribution in [0.25, 0.3) is 0 Å². The quantitative estimate of drug-likeness (QED) is 0.883. The molecule has 7 heteroatoms. The van der Waals surface area contributed by atoms with Gasteiger partial charge in [0.25, 0.3) is 11.5 Å². The molecule has 122 valence electrons.